The minimum absolute atomic E-state index is 0.0579. The molecule has 2 aromatic carbocycles. The van der Waals surface area contributed by atoms with E-state index in [1.54, 1.807) is 0 Å². The monoisotopic (exact) mass is 364 g/mol. The lowest BCUT2D eigenvalue weighted by Crippen LogP contribution is -2.43. The molecule has 0 amide bonds. The predicted octanol–water partition coefficient (Wildman–Crippen LogP) is 5.77. The van der Waals surface area contributed by atoms with Gasteiger partial charge in [-0.15, -0.1) is 12.6 Å². The number of ketones is 1. The van der Waals surface area contributed by atoms with E-state index in [4.69, 9.17) is 0 Å². The van der Waals surface area contributed by atoms with Crippen LogP contribution in [-0.2, 0) is 17.6 Å². The number of fused-ring (bicyclic) bond motifs is 2. The maximum atomic E-state index is 13.9. The second-order valence-electron chi connectivity index (χ2n) is 9.14. The molecule has 3 unspecified atom stereocenters. The smallest absolute Gasteiger partial charge is 0.146 e. The Morgan fingerprint density at radius 3 is 2.04 bits per heavy atom. The van der Waals surface area contributed by atoms with E-state index in [1.165, 1.54) is 11.1 Å². The van der Waals surface area contributed by atoms with Gasteiger partial charge in [-0.25, -0.2) is 0 Å². The van der Waals surface area contributed by atoms with E-state index in [0.717, 1.165) is 30.6 Å². The lowest BCUT2D eigenvalue weighted by molar-refractivity contribution is -0.137. The van der Waals surface area contributed by atoms with Gasteiger partial charge >= 0.3 is 0 Å². The second-order valence-corrected chi connectivity index (χ2v) is 9.65. The Morgan fingerprint density at radius 1 is 0.923 bits per heavy atom. The van der Waals surface area contributed by atoms with Gasteiger partial charge in [0.25, 0.3) is 0 Å². The summed E-state index contributed by atoms with van der Waals surface area (Å²) >= 11 is 4.42. The Bertz CT molecular complexity index is 823. The van der Waals surface area contributed by atoms with E-state index in [2.05, 4.69) is 75.9 Å². The van der Waals surface area contributed by atoms with Crippen molar-refractivity contribution in [2.45, 2.75) is 51.3 Å². The summed E-state index contributed by atoms with van der Waals surface area (Å²) in [7, 11) is 0. The van der Waals surface area contributed by atoms with Crippen LogP contribution in [0.25, 0.3) is 0 Å². The fourth-order valence-corrected chi connectivity index (χ4v) is 6.14. The van der Waals surface area contributed by atoms with Crippen LogP contribution in [0.2, 0.25) is 0 Å². The van der Waals surface area contributed by atoms with Crippen molar-refractivity contribution in [2.75, 3.05) is 0 Å². The van der Waals surface area contributed by atoms with Crippen LogP contribution in [0.4, 0.5) is 0 Å². The van der Waals surface area contributed by atoms with Crippen LogP contribution in [-0.4, -0.2) is 5.78 Å². The van der Waals surface area contributed by atoms with Crippen molar-refractivity contribution in [3.8, 4) is 0 Å². The summed E-state index contributed by atoms with van der Waals surface area (Å²) in [5.41, 5.74) is 2.09. The molecule has 0 saturated heterocycles. The average Bonchev–Trinajstić information content (AvgIpc) is 2.92. The molecule has 3 atom stereocenters. The van der Waals surface area contributed by atoms with Crippen LogP contribution in [0.1, 0.15) is 44.7 Å². The quantitative estimate of drug-likeness (QED) is 0.681. The van der Waals surface area contributed by atoms with Gasteiger partial charge in [0.2, 0.25) is 0 Å². The largest absolute Gasteiger partial charge is 0.298 e. The summed E-state index contributed by atoms with van der Waals surface area (Å²) in [6, 6.07) is 18.9. The number of carbonyl (C=O) groups is 1. The van der Waals surface area contributed by atoms with Gasteiger partial charge in [-0.3, -0.25) is 4.79 Å². The molecule has 2 bridgehead atoms. The molecule has 2 aliphatic carbocycles. The third kappa shape index (κ3) is 2.41. The first kappa shape index (κ1) is 17.9. The van der Waals surface area contributed by atoms with Gasteiger partial charge in [-0.1, -0.05) is 63.2 Å². The predicted molar refractivity (Wildman–Crippen MR) is 110 cm³/mol. The molecule has 2 fully saturated rings. The molecule has 2 aromatic rings. The van der Waals surface area contributed by atoms with Crippen LogP contribution in [0.15, 0.2) is 59.5 Å². The number of hydrogen-bond acceptors (Lipinski definition) is 2. The first-order chi connectivity index (χ1) is 12.3. The highest BCUT2D eigenvalue weighted by Crippen LogP contribution is 2.71. The molecule has 4 rings (SSSR count). The van der Waals surface area contributed by atoms with Crippen LogP contribution in [0, 0.1) is 22.2 Å². The summed E-state index contributed by atoms with van der Waals surface area (Å²) in [6.07, 6.45) is 3.87. The molecule has 2 saturated carbocycles. The number of rotatable bonds is 4. The van der Waals surface area contributed by atoms with Crippen molar-refractivity contribution >= 4 is 18.4 Å². The average molecular weight is 365 g/mol. The molecular weight excluding hydrogens is 336 g/mol. The molecule has 0 heterocycles. The highest BCUT2D eigenvalue weighted by molar-refractivity contribution is 7.80. The minimum atomic E-state index is -0.296. The summed E-state index contributed by atoms with van der Waals surface area (Å²) in [5.74, 6) is 0.924. The van der Waals surface area contributed by atoms with Crippen LogP contribution >= 0.6 is 12.6 Å². The van der Waals surface area contributed by atoms with Gasteiger partial charge in [0.15, 0.2) is 0 Å². The van der Waals surface area contributed by atoms with Crippen molar-refractivity contribution in [1.82, 2.24) is 0 Å². The molecule has 1 nitrogen and oxygen atoms in total. The first-order valence-corrected chi connectivity index (χ1v) is 10.1. The van der Waals surface area contributed by atoms with E-state index in [0.29, 0.717) is 11.7 Å². The number of benzene rings is 2. The molecule has 0 aromatic heterocycles. The zero-order valence-electron chi connectivity index (χ0n) is 16.0. The summed E-state index contributed by atoms with van der Waals surface area (Å²) in [5, 5.41) is 0. The van der Waals surface area contributed by atoms with E-state index in [9.17, 15) is 4.79 Å². The maximum absolute atomic E-state index is 13.9. The fourth-order valence-electron chi connectivity index (χ4n) is 5.99. The van der Waals surface area contributed by atoms with Crippen molar-refractivity contribution in [3.63, 3.8) is 0 Å². The molecule has 0 spiro atoms. The summed E-state index contributed by atoms with van der Waals surface area (Å²) < 4.78 is 0. The maximum Gasteiger partial charge on any atom is 0.146 e. The van der Waals surface area contributed by atoms with Gasteiger partial charge in [-0.05, 0) is 60.3 Å². The zero-order chi connectivity index (χ0) is 18.6. The van der Waals surface area contributed by atoms with Gasteiger partial charge in [-0.2, -0.15) is 0 Å². The lowest BCUT2D eigenvalue weighted by atomic mass is 9.63. The Hall–Kier alpha value is -1.54. The standard InChI is InChI=1S/C24H28OS/c1-22(2)20-13-14-23(22,3)21(25)24(20,15-17-7-5-4-6-8-17)16-18-9-11-19(26)12-10-18/h4-12,20,26H,13-16H2,1-3H3. The third-order valence-corrected chi connectivity index (χ3v) is 7.96. The molecular formula is C24H28OS. The number of carbonyl (C=O) groups excluding carboxylic acids is 1. The van der Waals surface area contributed by atoms with Crippen LogP contribution < -0.4 is 0 Å². The minimum Gasteiger partial charge on any atom is -0.298 e. The lowest BCUT2D eigenvalue weighted by Gasteiger charge is -2.39. The van der Waals surface area contributed by atoms with Crippen molar-refractivity contribution < 1.29 is 4.79 Å². The normalized spacial score (nSPS) is 32.2. The van der Waals surface area contributed by atoms with Crippen molar-refractivity contribution in [1.29, 1.82) is 0 Å². The third-order valence-electron chi connectivity index (χ3n) is 7.66. The molecule has 2 heteroatoms. The van der Waals surface area contributed by atoms with E-state index >= 15 is 0 Å². The van der Waals surface area contributed by atoms with Gasteiger partial charge < -0.3 is 0 Å². The topological polar surface area (TPSA) is 17.1 Å². The number of hydrogen-bond donors (Lipinski definition) is 1. The number of Topliss-reactive ketones (excluding diaryl/α,β-unsaturated/α-hetero) is 1. The van der Waals surface area contributed by atoms with Gasteiger partial charge in [0, 0.05) is 15.7 Å². The molecule has 0 radical (unpaired) electrons. The van der Waals surface area contributed by atoms with Gasteiger partial charge in [0.1, 0.15) is 5.78 Å². The van der Waals surface area contributed by atoms with Crippen molar-refractivity contribution in [3.05, 3.63) is 65.7 Å². The highest BCUT2D eigenvalue weighted by atomic mass is 32.1. The number of thiol groups is 1. The van der Waals surface area contributed by atoms with Crippen LogP contribution in [0.5, 0.6) is 0 Å². The molecule has 0 N–H and O–H groups in total. The summed E-state index contributed by atoms with van der Waals surface area (Å²) in [6.45, 7) is 6.87. The molecule has 0 aliphatic heterocycles. The second kappa shape index (κ2) is 5.99. The Labute approximate surface area is 162 Å². The Kier molecular flexibility index (Phi) is 4.11. The molecule has 136 valence electrons. The fraction of sp³-hybridized carbons (Fsp3) is 0.458. The van der Waals surface area contributed by atoms with Gasteiger partial charge in [0.05, 0.1) is 0 Å². The van der Waals surface area contributed by atoms with Crippen molar-refractivity contribution in [2.24, 2.45) is 22.2 Å². The Balaban J connectivity index is 1.80. The molecule has 2 aliphatic rings. The molecule has 26 heavy (non-hydrogen) atoms. The SMILES string of the molecule is CC12CCC(C(Cc3ccccc3)(Cc3ccc(S)cc3)C1=O)C2(C)C. The summed E-state index contributed by atoms with van der Waals surface area (Å²) in [4.78, 5) is 14.9. The highest BCUT2D eigenvalue weighted by Gasteiger charge is 2.72. The first-order valence-electron chi connectivity index (χ1n) is 9.66. The Morgan fingerprint density at radius 2 is 1.50 bits per heavy atom. The zero-order valence-corrected chi connectivity index (χ0v) is 16.9. The van der Waals surface area contributed by atoms with E-state index < -0.39 is 0 Å². The van der Waals surface area contributed by atoms with E-state index in [-0.39, 0.29) is 16.2 Å². The van der Waals surface area contributed by atoms with Crippen LogP contribution in [0.3, 0.4) is 0 Å². The van der Waals surface area contributed by atoms with E-state index in [1.807, 2.05) is 12.1 Å².